The maximum atomic E-state index is 14.2. The lowest BCUT2D eigenvalue weighted by Gasteiger charge is -2.37. The van der Waals surface area contributed by atoms with Crippen molar-refractivity contribution in [3.05, 3.63) is 130 Å². The summed E-state index contributed by atoms with van der Waals surface area (Å²) < 4.78 is 0.981. The summed E-state index contributed by atoms with van der Waals surface area (Å²) in [5.41, 5.74) is 6.01. The van der Waals surface area contributed by atoms with Crippen molar-refractivity contribution in [1.29, 1.82) is 0 Å². The Morgan fingerprint density at radius 1 is 0.791 bits per heavy atom. The summed E-state index contributed by atoms with van der Waals surface area (Å²) in [4.78, 5) is 52.8. The molecule has 5 aromatic rings. The number of carbonyl (C=O) groups is 3. The van der Waals surface area contributed by atoms with Gasteiger partial charge in [-0.2, -0.15) is 0 Å². The second-order valence-corrected chi connectivity index (χ2v) is 11.5. The zero-order valence-corrected chi connectivity index (χ0v) is 25.3. The van der Waals surface area contributed by atoms with E-state index in [0.717, 1.165) is 42.0 Å². The van der Waals surface area contributed by atoms with E-state index in [4.69, 9.17) is 4.99 Å². The number of aromatic amines is 1. The molecule has 1 aliphatic heterocycles. The molecule has 6 rings (SSSR count). The number of imide groups is 2. The Morgan fingerprint density at radius 3 is 1.95 bits per heavy atom. The van der Waals surface area contributed by atoms with Crippen molar-refractivity contribution in [2.75, 3.05) is 16.3 Å². The summed E-state index contributed by atoms with van der Waals surface area (Å²) in [7, 11) is 0. The molecular formula is C35H29BrN4O3. The van der Waals surface area contributed by atoms with Crippen molar-refractivity contribution in [3.63, 3.8) is 0 Å². The van der Waals surface area contributed by atoms with Gasteiger partial charge in [0.1, 0.15) is 0 Å². The average molecular weight is 634 g/mol. The lowest BCUT2D eigenvalue weighted by molar-refractivity contribution is -0.129. The highest BCUT2D eigenvalue weighted by Crippen LogP contribution is 2.31. The maximum Gasteiger partial charge on any atom is 0.342 e. The molecule has 1 N–H and O–H groups in total. The number of aryl methyl sites for hydroxylation is 2. The molecule has 1 saturated heterocycles. The molecule has 214 valence electrons. The van der Waals surface area contributed by atoms with Crippen LogP contribution in [0, 0.1) is 19.8 Å². The van der Waals surface area contributed by atoms with Crippen LogP contribution in [0.1, 0.15) is 22.4 Å². The van der Waals surface area contributed by atoms with E-state index in [1.807, 2.05) is 62.4 Å². The fraction of sp³-hybridized carbons (Fsp3) is 0.143. The first-order valence-electron chi connectivity index (χ1n) is 14.0. The lowest BCUT2D eigenvalue weighted by atomic mass is 9.91. The van der Waals surface area contributed by atoms with E-state index in [2.05, 4.69) is 27.0 Å². The Kier molecular flexibility index (Phi) is 7.78. The summed E-state index contributed by atoms with van der Waals surface area (Å²) >= 11 is 3.57. The highest BCUT2D eigenvalue weighted by atomic mass is 79.9. The van der Waals surface area contributed by atoms with Gasteiger partial charge in [0.15, 0.2) is 5.92 Å². The highest BCUT2D eigenvalue weighted by molar-refractivity contribution is 9.10. The zero-order chi connectivity index (χ0) is 30.1. The van der Waals surface area contributed by atoms with E-state index in [1.54, 1.807) is 48.5 Å². The van der Waals surface area contributed by atoms with Crippen LogP contribution in [-0.2, 0) is 16.0 Å². The van der Waals surface area contributed by atoms with Gasteiger partial charge in [0.2, 0.25) is 0 Å². The van der Waals surface area contributed by atoms with Crippen LogP contribution in [0.15, 0.2) is 113 Å². The number of barbiturate groups is 1. The van der Waals surface area contributed by atoms with Crippen molar-refractivity contribution < 1.29 is 14.4 Å². The largest absolute Gasteiger partial charge is 0.358 e. The van der Waals surface area contributed by atoms with Crippen LogP contribution in [0.5, 0.6) is 0 Å². The monoisotopic (exact) mass is 632 g/mol. The number of halogens is 1. The van der Waals surface area contributed by atoms with Crippen LogP contribution in [0.4, 0.5) is 16.2 Å². The van der Waals surface area contributed by atoms with Gasteiger partial charge in [-0.1, -0.05) is 82.2 Å². The fourth-order valence-corrected chi connectivity index (χ4v) is 5.92. The first kappa shape index (κ1) is 28.3. The Morgan fingerprint density at radius 2 is 1.37 bits per heavy atom. The predicted molar refractivity (Wildman–Crippen MR) is 174 cm³/mol. The molecule has 43 heavy (non-hydrogen) atoms. The smallest absolute Gasteiger partial charge is 0.342 e. The van der Waals surface area contributed by atoms with E-state index in [9.17, 15) is 14.4 Å². The van der Waals surface area contributed by atoms with Gasteiger partial charge in [-0.3, -0.25) is 14.6 Å². The third kappa shape index (κ3) is 5.42. The summed E-state index contributed by atoms with van der Waals surface area (Å²) in [6.07, 6.45) is 0.594. The van der Waals surface area contributed by atoms with E-state index in [-0.39, 0.29) is 0 Å². The molecule has 1 aliphatic rings. The van der Waals surface area contributed by atoms with Crippen LogP contribution < -0.4 is 9.80 Å². The van der Waals surface area contributed by atoms with Crippen LogP contribution in [-0.4, -0.2) is 35.1 Å². The quantitative estimate of drug-likeness (QED) is 0.150. The number of anilines is 2. The molecule has 1 aromatic heterocycles. The number of para-hydroxylation sites is 2. The lowest BCUT2D eigenvalue weighted by Crippen LogP contribution is -2.62. The molecule has 8 heteroatoms. The zero-order valence-electron chi connectivity index (χ0n) is 23.8. The van der Waals surface area contributed by atoms with E-state index >= 15 is 0 Å². The van der Waals surface area contributed by atoms with Crippen molar-refractivity contribution in [2.45, 2.75) is 20.3 Å². The predicted octanol–water partition coefficient (Wildman–Crippen LogP) is 7.40. The van der Waals surface area contributed by atoms with Crippen LogP contribution in [0.25, 0.3) is 10.9 Å². The normalized spacial score (nSPS) is 14.7. The molecule has 1 fully saturated rings. The minimum Gasteiger partial charge on any atom is -0.358 e. The number of benzene rings is 4. The number of amides is 4. The third-order valence-corrected chi connectivity index (χ3v) is 8.19. The number of H-pyrrole nitrogens is 1. The molecular weight excluding hydrogens is 604 g/mol. The molecule has 0 spiro atoms. The summed E-state index contributed by atoms with van der Waals surface area (Å²) in [5, 5.41) is 1.10. The second-order valence-electron chi connectivity index (χ2n) is 10.5. The Bertz CT molecular complexity index is 1800. The maximum absolute atomic E-state index is 14.2. The van der Waals surface area contributed by atoms with Gasteiger partial charge in [-0.15, -0.1) is 0 Å². The SMILES string of the molecule is Cc1ccc(C(=NCCc2c(C)[nH]c3ccc(Br)cc23)C2C(=O)N(c3ccccc3)C(=O)N(c3ccccc3)C2=O)cc1. The van der Waals surface area contributed by atoms with Crippen molar-refractivity contribution in [1.82, 2.24) is 4.98 Å². The number of aromatic nitrogens is 1. The number of hydrogen-bond donors (Lipinski definition) is 1. The minimum atomic E-state index is -1.32. The van der Waals surface area contributed by atoms with Crippen LogP contribution in [0.3, 0.4) is 0 Å². The molecule has 0 atom stereocenters. The van der Waals surface area contributed by atoms with Gasteiger partial charge in [0, 0.05) is 27.6 Å². The van der Waals surface area contributed by atoms with Crippen LogP contribution >= 0.6 is 15.9 Å². The first-order valence-corrected chi connectivity index (χ1v) is 14.8. The molecule has 2 heterocycles. The Labute approximate surface area is 258 Å². The molecule has 0 bridgehead atoms. The standard InChI is InChI=1S/C35H29BrN4O3/c1-22-13-15-24(16-14-22)32(37-20-19-28-23(2)38-30-18-17-25(36)21-29(28)30)31-33(41)39(26-9-5-3-6-10-26)35(43)40(34(31)42)27-11-7-4-8-12-27/h3-18,21,31,38H,19-20H2,1-2H3. The number of rotatable bonds is 7. The van der Waals surface area contributed by atoms with Gasteiger partial charge in [0.25, 0.3) is 11.8 Å². The van der Waals surface area contributed by atoms with Gasteiger partial charge >= 0.3 is 6.03 Å². The topological polar surface area (TPSA) is 85.8 Å². The molecule has 0 aliphatic carbocycles. The minimum absolute atomic E-state index is 0.336. The number of fused-ring (bicyclic) bond motifs is 1. The molecule has 4 amide bonds. The summed E-state index contributed by atoms with van der Waals surface area (Å²) in [6.45, 7) is 4.34. The number of urea groups is 1. The van der Waals surface area contributed by atoms with Crippen LogP contribution in [0.2, 0.25) is 0 Å². The second kappa shape index (κ2) is 11.8. The number of aliphatic imine (C=N–C) groups is 1. The van der Waals surface area contributed by atoms with Gasteiger partial charge in [0.05, 0.1) is 17.1 Å². The Hall–Kier alpha value is -4.82. The van der Waals surface area contributed by atoms with Crippen molar-refractivity contribution in [2.24, 2.45) is 10.9 Å². The number of carbonyl (C=O) groups excluding carboxylic acids is 3. The fourth-order valence-electron chi connectivity index (χ4n) is 5.55. The summed E-state index contributed by atoms with van der Waals surface area (Å²) in [6, 6.07) is 30.4. The van der Waals surface area contributed by atoms with Gasteiger partial charge in [-0.05, 0) is 73.9 Å². The third-order valence-electron chi connectivity index (χ3n) is 7.69. The van der Waals surface area contributed by atoms with E-state index < -0.39 is 23.8 Å². The molecule has 7 nitrogen and oxygen atoms in total. The Balaban J connectivity index is 1.45. The molecule has 0 radical (unpaired) electrons. The molecule has 4 aromatic carbocycles. The highest BCUT2D eigenvalue weighted by Gasteiger charge is 2.49. The number of hydrogen-bond acceptors (Lipinski definition) is 4. The van der Waals surface area contributed by atoms with Crippen molar-refractivity contribution >= 4 is 61.8 Å². The van der Waals surface area contributed by atoms with Gasteiger partial charge in [-0.25, -0.2) is 14.6 Å². The van der Waals surface area contributed by atoms with Gasteiger partial charge < -0.3 is 4.98 Å². The van der Waals surface area contributed by atoms with E-state index in [0.29, 0.717) is 35.6 Å². The summed E-state index contributed by atoms with van der Waals surface area (Å²) in [5.74, 6) is -2.57. The first-order chi connectivity index (χ1) is 20.8. The number of nitrogens with one attached hydrogen (secondary N) is 1. The number of nitrogens with zero attached hydrogens (tertiary/aromatic N) is 3. The molecule has 0 unspecified atom stereocenters. The van der Waals surface area contributed by atoms with E-state index in [1.165, 1.54) is 0 Å². The average Bonchev–Trinajstić information content (AvgIpc) is 3.31. The molecule has 0 saturated carbocycles. The van der Waals surface area contributed by atoms with Crippen molar-refractivity contribution in [3.8, 4) is 0 Å².